The fourth-order valence-corrected chi connectivity index (χ4v) is 1.90. The summed E-state index contributed by atoms with van der Waals surface area (Å²) >= 11 is 0. The van der Waals surface area contributed by atoms with E-state index in [4.69, 9.17) is 5.73 Å². The maximum Gasteiger partial charge on any atom is 0.267 e. The molecule has 0 aromatic carbocycles. The van der Waals surface area contributed by atoms with Crippen LogP contribution in [0, 0.1) is 0 Å². The predicted octanol–water partition coefficient (Wildman–Crippen LogP) is 0.392. The van der Waals surface area contributed by atoms with Crippen LogP contribution in [0.3, 0.4) is 0 Å². The van der Waals surface area contributed by atoms with Gasteiger partial charge in [-0.25, -0.2) is 0 Å². The van der Waals surface area contributed by atoms with Gasteiger partial charge in [-0.1, -0.05) is 6.07 Å². The lowest BCUT2D eigenvalue weighted by Crippen LogP contribution is -2.40. The first kappa shape index (κ1) is 18.6. The fourth-order valence-electron chi connectivity index (χ4n) is 1.90. The molecule has 2 rings (SSSR count). The van der Waals surface area contributed by atoms with Gasteiger partial charge in [0, 0.05) is 12.7 Å². The van der Waals surface area contributed by atoms with Gasteiger partial charge in [0.2, 0.25) is 5.91 Å². The molecule has 0 saturated carbocycles. The van der Waals surface area contributed by atoms with Crippen LogP contribution in [-0.4, -0.2) is 29.4 Å². The van der Waals surface area contributed by atoms with Crippen LogP contribution >= 0.6 is 24.8 Å². The van der Waals surface area contributed by atoms with E-state index in [1.165, 1.54) is 0 Å². The van der Waals surface area contributed by atoms with Gasteiger partial charge in [-0.3, -0.25) is 14.6 Å². The summed E-state index contributed by atoms with van der Waals surface area (Å²) in [5, 5.41) is 5.96. The normalized spacial score (nSPS) is 16.7. The summed E-state index contributed by atoms with van der Waals surface area (Å²) in [6, 6.07) is 3.20. The molecule has 1 saturated heterocycles. The predicted molar refractivity (Wildman–Crippen MR) is 80.1 cm³/mol. The first-order valence-corrected chi connectivity index (χ1v) is 5.92. The zero-order chi connectivity index (χ0) is 13.0. The van der Waals surface area contributed by atoms with E-state index in [9.17, 15) is 9.59 Å². The third kappa shape index (κ3) is 4.96. The molecule has 20 heavy (non-hydrogen) atoms. The van der Waals surface area contributed by atoms with Gasteiger partial charge in [0.05, 0.1) is 6.04 Å². The molecule has 0 bridgehead atoms. The maximum atomic E-state index is 11.7. The van der Waals surface area contributed by atoms with E-state index >= 15 is 0 Å². The molecular weight excluding hydrogens is 303 g/mol. The van der Waals surface area contributed by atoms with Crippen molar-refractivity contribution in [2.45, 2.75) is 25.4 Å². The first-order chi connectivity index (χ1) is 8.66. The average molecular weight is 321 g/mol. The van der Waals surface area contributed by atoms with Gasteiger partial charge in [-0.2, -0.15) is 0 Å². The molecule has 1 aromatic heterocycles. The van der Waals surface area contributed by atoms with Crippen molar-refractivity contribution in [1.82, 2.24) is 15.6 Å². The highest BCUT2D eigenvalue weighted by molar-refractivity contribution is 5.90. The minimum atomic E-state index is -0.555. The second kappa shape index (κ2) is 8.73. The molecule has 1 aliphatic heterocycles. The number of nitrogens with zero attached hydrogens (tertiary/aromatic N) is 1. The van der Waals surface area contributed by atoms with Crippen molar-refractivity contribution < 1.29 is 9.59 Å². The van der Waals surface area contributed by atoms with Crippen molar-refractivity contribution in [2.75, 3.05) is 6.54 Å². The Bertz CT molecular complexity index is 447. The minimum Gasteiger partial charge on any atom is -0.364 e. The van der Waals surface area contributed by atoms with Crippen LogP contribution in [-0.2, 0) is 11.3 Å². The Balaban J connectivity index is 0.00000180. The van der Waals surface area contributed by atoms with Gasteiger partial charge in [0.25, 0.3) is 5.91 Å². The largest absolute Gasteiger partial charge is 0.364 e. The van der Waals surface area contributed by atoms with E-state index in [1.54, 1.807) is 18.3 Å². The lowest BCUT2D eigenvalue weighted by Gasteiger charge is -2.10. The summed E-state index contributed by atoms with van der Waals surface area (Å²) < 4.78 is 0. The number of carbonyl (C=O) groups excluding carboxylic acids is 2. The van der Waals surface area contributed by atoms with Crippen molar-refractivity contribution in [3.05, 3.63) is 29.6 Å². The number of hydrogen-bond donors (Lipinski definition) is 3. The Hall–Kier alpha value is -1.37. The number of carbonyl (C=O) groups is 2. The molecule has 1 unspecified atom stereocenters. The van der Waals surface area contributed by atoms with E-state index in [1.807, 2.05) is 0 Å². The smallest absolute Gasteiger partial charge is 0.267 e. The number of nitrogens with one attached hydrogen (secondary N) is 2. The monoisotopic (exact) mass is 320 g/mol. The van der Waals surface area contributed by atoms with Gasteiger partial charge in [-0.05, 0) is 31.0 Å². The summed E-state index contributed by atoms with van der Waals surface area (Å²) in [5.41, 5.74) is 6.15. The van der Waals surface area contributed by atoms with Crippen molar-refractivity contribution >= 4 is 36.6 Å². The standard InChI is InChI=1S/C12H16N4O2.2ClH/c13-11(17)9-4-3-8(6-15-9)7-16-12(18)10-2-1-5-14-10;;/h3-4,6,10,14H,1-2,5,7H2,(H2,13,17)(H,16,18);2*1H. The molecule has 1 atom stereocenters. The second-order valence-electron chi connectivity index (χ2n) is 4.28. The van der Waals surface area contributed by atoms with E-state index in [-0.39, 0.29) is 42.5 Å². The molecule has 4 N–H and O–H groups in total. The summed E-state index contributed by atoms with van der Waals surface area (Å²) in [6.07, 6.45) is 3.46. The molecule has 6 nitrogen and oxygen atoms in total. The van der Waals surface area contributed by atoms with Gasteiger partial charge >= 0.3 is 0 Å². The van der Waals surface area contributed by atoms with Crippen LogP contribution in [0.2, 0.25) is 0 Å². The second-order valence-corrected chi connectivity index (χ2v) is 4.28. The van der Waals surface area contributed by atoms with Crippen LogP contribution in [0.25, 0.3) is 0 Å². The average Bonchev–Trinajstić information content (AvgIpc) is 2.90. The van der Waals surface area contributed by atoms with Crippen LogP contribution in [0.1, 0.15) is 28.9 Å². The van der Waals surface area contributed by atoms with Crippen LogP contribution in [0.5, 0.6) is 0 Å². The third-order valence-corrected chi connectivity index (χ3v) is 2.92. The van der Waals surface area contributed by atoms with Gasteiger partial charge < -0.3 is 16.4 Å². The number of nitrogens with two attached hydrogens (primary N) is 1. The molecular formula is C12H18Cl2N4O2. The van der Waals surface area contributed by atoms with E-state index in [2.05, 4.69) is 15.6 Å². The SMILES string of the molecule is Cl.Cl.NC(=O)c1ccc(CNC(=O)C2CCCN2)cn1. The molecule has 1 aliphatic rings. The highest BCUT2D eigenvalue weighted by Gasteiger charge is 2.21. The lowest BCUT2D eigenvalue weighted by atomic mass is 10.2. The van der Waals surface area contributed by atoms with Gasteiger partial charge in [-0.15, -0.1) is 24.8 Å². The maximum absolute atomic E-state index is 11.7. The highest BCUT2D eigenvalue weighted by atomic mass is 35.5. The molecule has 1 fully saturated rings. The molecule has 1 aromatic rings. The Morgan fingerprint density at radius 1 is 1.40 bits per heavy atom. The number of hydrogen-bond acceptors (Lipinski definition) is 4. The van der Waals surface area contributed by atoms with Crippen molar-refractivity contribution in [2.24, 2.45) is 5.73 Å². The summed E-state index contributed by atoms with van der Waals surface area (Å²) in [7, 11) is 0. The third-order valence-electron chi connectivity index (χ3n) is 2.92. The molecule has 8 heteroatoms. The fraction of sp³-hybridized carbons (Fsp3) is 0.417. The Labute approximate surface area is 129 Å². The van der Waals surface area contributed by atoms with Gasteiger partial charge in [0.1, 0.15) is 5.69 Å². The molecule has 0 radical (unpaired) electrons. The number of primary amides is 1. The van der Waals surface area contributed by atoms with E-state index in [0.29, 0.717) is 6.54 Å². The topological polar surface area (TPSA) is 97.1 Å². The van der Waals surface area contributed by atoms with Gasteiger partial charge in [0.15, 0.2) is 0 Å². The van der Waals surface area contributed by atoms with Crippen LogP contribution in [0.4, 0.5) is 0 Å². The summed E-state index contributed by atoms with van der Waals surface area (Å²) in [6.45, 7) is 1.30. The van der Waals surface area contributed by atoms with E-state index < -0.39 is 5.91 Å². The molecule has 0 spiro atoms. The molecule has 2 amide bonds. The Kier molecular flexibility index (Phi) is 8.13. The quantitative estimate of drug-likeness (QED) is 0.747. The lowest BCUT2D eigenvalue weighted by molar-refractivity contribution is -0.122. The number of pyridine rings is 1. The summed E-state index contributed by atoms with van der Waals surface area (Å²) in [5.74, 6) is -0.549. The van der Waals surface area contributed by atoms with Crippen LogP contribution in [0.15, 0.2) is 18.3 Å². The Morgan fingerprint density at radius 3 is 2.65 bits per heavy atom. The van der Waals surface area contributed by atoms with E-state index in [0.717, 1.165) is 24.9 Å². The molecule has 2 heterocycles. The number of aromatic nitrogens is 1. The van der Waals surface area contributed by atoms with Crippen molar-refractivity contribution in [1.29, 1.82) is 0 Å². The summed E-state index contributed by atoms with van der Waals surface area (Å²) in [4.78, 5) is 26.5. The molecule has 112 valence electrons. The highest BCUT2D eigenvalue weighted by Crippen LogP contribution is 2.05. The number of halogens is 2. The van der Waals surface area contributed by atoms with Crippen molar-refractivity contribution in [3.8, 4) is 0 Å². The Morgan fingerprint density at radius 2 is 2.15 bits per heavy atom. The zero-order valence-corrected chi connectivity index (χ0v) is 12.4. The number of rotatable bonds is 4. The first-order valence-electron chi connectivity index (χ1n) is 5.92. The van der Waals surface area contributed by atoms with Crippen LogP contribution < -0.4 is 16.4 Å². The molecule has 0 aliphatic carbocycles. The zero-order valence-electron chi connectivity index (χ0n) is 10.8. The number of amides is 2. The van der Waals surface area contributed by atoms with Crippen molar-refractivity contribution in [3.63, 3.8) is 0 Å². The minimum absolute atomic E-state index is 0.